The Morgan fingerprint density at radius 3 is 2.33 bits per heavy atom. The molecule has 2 heterocycles. The van der Waals surface area contributed by atoms with Gasteiger partial charge in [-0.3, -0.25) is 9.36 Å². The molecule has 3 aromatic carbocycles. The number of hydrogen-bond acceptors (Lipinski definition) is 5. The Kier molecular flexibility index (Phi) is 5.18. The number of nitrogens with two attached hydrogens (primary N) is 1. The molecule has 1 unspecified atom stereocenters. The molecule has 1 aromatic heterocycles. The molecular weight excluding hydrogens is 436 g/mol. The number of aromatic nitrogens is 3. The average Bonchev–Trinajstić information content (AvgIpc) is 3.12. The predicted molar refractivity (Wildman–Crippen MR) is 129 cm³/mol. The van der Waals surface area contributed by atoms with E-state index in [0.29, 0.717) is 28.1 Å². The van der Waals surface area contributed by atoms with E-state index in [1.54, 1.807) is 5.01 Å². The van der Waals surface area contributed by atoms with Gasteiger partial charge in [-0.1, -0.05) is 71.8 Å². The summed E-state index contributed by atoms with van der Waals surface area (Å²) < 4.78 is 1.89. The van der Waals surface area contributed by atoms with E-state index in [1.807, 2.05) is 91.2 Å². The van der Waals surface area contributed by atoms with Gasteiger partial charge in [0.1, 0.15) is 11.5 Å². The quantitative estimate of drug-likeness (QED) is 0.494. The van der Waals surface area contributed by atoms with Crippen LogP contribution in [0.15, 0.2) is 77.9 Å². The van der Waals surface area contributed by atoms with Crippen LogP contribution < -0.4 is 10.7 Å². The third kappa shape index (κ3) is 3.66. The van der Waals surface area contributed by atoms with Crippen molar-refractivity contribution in [2.75, 3.05) is 5.01 Å². The minimum absolute atomic E-state index is 0.410. The summed E-state index contributed by atoms with van der Waals surface area (Å²) in [5.41, 5.74) is 11.0. The van der Waals surface area contributed by atoms with Crippen LogP contribution in [0.1, 0.15) is 34.1 Å². The van der Waals surface area contributed by atoms with Gasteiger partial charge >= 0.3 is 0 Å². The number of carbonyl (C=O) groups excluding carboxylic acids is 1. The van der Waals surface area contributed by atoms with E-state index in [2.05, 4.69) is 10.2 Å². The predicted octanol–water partition coefficient (Wildman–Crippen LogP) is 4.34. The highest BCUT2D eigenvalue weighted by molar-refractivity contribution is 6.30. The van der Waals surface area contributed by atoms with Crippen LogP contribution in [-0.4, -0.2) is 26.4 Å². The fraction of sp³-hybridized carbons (Fsp3) is 0.120. The molecule has 4 aromatic rings. The first-order valence-corrected chi connectivity index (χ1v) is 10.8. The molecule has 7 nitrogen and oxygen atoms in total. The highest BCUT2D eigenvalue weighted by Crippen LogP contribution is 2.34. The number of carbonyl (C=O) groups is 1. The SMILES string of the molecule is Cc1ccc(C(C(N)=O)N2N=C(c3ccc(Cl)cc3)c3ccccc3-n3c(C)nnc32)cc1. The van der Waals surface area contributed by atoms with E-state index in [-0.39, 0.29) is 0 Å². The number of hydrogen-bond donors (Lipinski definition) is 1. The van der Waals surface area contributed by atoms with Gasteiger partial charge in [-0.15, -0.1) is 10.2 Å². The number of primary amides is 1. The molecule has 0 aliphatic carbocycles. The van der Waals surface area contributed by atoms with Crippen molar-refractivity contribution in [3.05, 3.63) is 106 Å². The summed E-state index contributed by atoms with van der Waals surface area (Å²) in [7, 11) is 0. The standard InChI is InChI=1S/C25H21ClN6O/c1-15-7-9-18(10-8-15)23(24(27)33)32-25-29-28-16(2)31(25)21-6-4-3-5-20(21)22(30-32)17-11-13-19(26)14-12-17/h3-14,23H,1-2H3,(H2,27,33). The van der Waals surface area contributed by atoms with Gasteiger partial charge in [-0.2, -0.15) is 5.10 Å². The third-order valence-corrected chi connectivity index (χ3v) is 5.90. The Morgan fingerprint density at radius 1 is 0.939 bits per heavy atom. The molecule has 1 aliphatic heterocycles. The molecule has 0 radical (unpaired) electrons. The van der Waals surface area contributed by atoms with Crippen LogP contribution in [0.25, 0.3) is 5.69 Å². The van der Waals surface area contributed by atoms with Crippen molar-refractivity contribution < 1.29 is 4.79 Å². The smallest absolute Gasteiger partial charge is 0.253 e. The molecule has 0 fully saturated rings. The zero-order chi connectivity index (χ0) is 23.1. The lowest BCUT2D eigenvalue weighted by atomic mass is 10.0. The number of rotatable bonds is 4. The maximum Gasteiger partial charge on any atom is 0.253 e. The number of anilines is 1. The molecule has 0 bridgehead atoms. The molecule has 0 saturated heterocycles. The van der Waals surface area contributed by atoms with Gasteiger partial charge in [-0.25, -0.2) is 5.01 Å². The zero-order valence-corrected chi connectivity index (χ0v) is 18.9. The Balaban J connectivity index is 1.80. The fourth-order valence-corrected chi connectivity index (χ4v) is 4.15. The number of fused-ring (bicyclic) bond motifs is 3. The number of nitrogens with zero attached hydrogens (tertiary/aromatic N) is 5. The summed E-state index contributed by atoms with van der Waals surface area (Å²) in [6, 6.07) is 22.1. The van der Waals surface area contributed by atoms with Gasteiger partial charge in [0.05, 0.1) is 5.69 Å². The molecule has 2 N–H and O–H groups in total. The summed E-state index contributed by atoms with van der Waals surface area (Å²) >= 11 is 6.14. The van der Waals surface area contributed by atoms with Crippen molar-refractivity contribution >= 4 is 29.2 Å². The largest absolute Gasteiger partial charge is 0.368 e. The molecule has 8 heteroatoms. The number of amides is 1. The first-order valence-electron chi connectivity index (χ1n) is 10.5. The van der Waals surface area contributed by atoms with E-state index in [4.69, 9.17) is 22.4 Å². The topological polar surface area (TPSA) is 89.4 Å². The van der Waals surface area contributed by atoms with Crippen LogP contribution in [0.5, 0.6) is 0 Å². The molecule has 1 atom stereocenters. The van der Waals surface area contributed by atoms with Crippen LogP contribution >= 0.6 is 11.6 Å². The van der Waals surface area contributed by atoms with Crippen LogP contribution in [0, 0.1) is 13.8 Å². The normalized spacial score (nSPS) is 13.5. The van der Waals surface area contributed by atoms with E-state index in [0.717, 1.165) is 22.4 Å². The Bertz CT molecular complexity index is 1380. The summed E-state index contributed by atoms with van der Waals surface area (Å²) in [6.45, 7) is 3.85. The fourth-order valence-electron chi connectivity index (χ4n) is 4.03. The minimum atomic E-state index is -0.885. The maximum absolute atomic E-state index is 12.8. The van der Waals surface area contributed by atoms with Gasteiger partial charge < -0.3 is 5.73 Å². The summed E-state index contributed by atoms with van der Waals surface area (Å²) in [6.07, 6.45) is 0. The Hall–Kier alpha value is -3.97. The highest BCUT2D eigenvalue weighted by atomic mass is 35.5. The number of hydrazone groups is 1. The Labute approximate surface area is 196 Å². The van der Waals surface area contributed by atoms with Crippen molar-refractivity contribution in [2.45, 2.75) is 19.9 Å². The van der Waals surface area contributed by atoms with Crippen LogP contribution in [0.3, 0.4) is 0 Å². The number of aryl methyl sites for hydroxylation is 2. The first kappa shape index (κ1) is 20.9. The molecule has 164 valence electrons. The molecule has 0 saturated carbocycles. The molecule has 5 rings (SSSR count). The monoisotopic (exact) mass is 456 g/mol. The minimum Gasteiger partial charge on any atom is -0.368 e. The van der Waals surface area contributed by atoms with E-state index >= 15 is 0 Å². The molecule has 0 spiro atoms. The molecule has 1 amide bonds. The third-order valence-electron chi connectivity index (χ3n) is 5.65. The van der Waals surface area contributed by atoms with Crippen LogP contribution in [-0.2, 0) is 4.79 Å². The summed E-state index contributed by atoms with van der Waals surface area (Å²) in [4.78, 5) is 12.8. The van der Waals surface area contributed by atoms with E-state index in [1.165, 1.54) is 0 Å². The van der Waals surface area contributed by atoms with Gasteiger partial charge in [0.15, 0.2) is 6.04 Å². The van der Waals surface area contributed by atoms with E-state index < -0.39 is 11.9 Å². The summed E-state index contributed by atoms with van der Waals surface area (Å²) in [5, 5.41) is 15.8. The second-order valence-corrected chi connectivity index (χ2v) is 8.35. The second-order valence-electron chi connectivity index (χ2n) is 7.92. The lowest BCUT2D eigenvalue weighted by Gasteiger charge is -2.26. The summed E-state index contributed by atoms with van der Waals surface area (Å²) in [5.74, 6) is 0.534. The number of benzene rings is 3. The van der Waals surface area contributed by atoms with Crippen molar-refractivity contribution in [2.24, 2.45) is 10.8 Å². The lowest BCUT2D eigenvalue weighted by molar-refractivity contribution is -0.119. The van der Waals surface area contributed by atoms with Crippen LogP contribution in [0.2, 0.25) is 5.02 Å². The van der Waals surface area contributed by atoms with Crippen LogP contribution in [0.4, 0.5) is 5.95 Å². The van der Waals surface area contributed by atoms with Crippen molar-refractivity contribution in [1.82, 2.24) is 14.8 Å². The number of halogens is 1. The van der Waals surface area contributed by atoms with E-state index in [9.17, 15) is 4.79 Å². The number of para-hydroxylation sites is 1. The van der Waals surface area contributed by atoms with Gasteiger partial charge in [0.2, 0.25) is 5.91 Å². The van der Waals surface area contributed by atoms with Crippen molar-refractivity contribution in [3.8, 4) is 5.69 Å². The van der Waals surface area contributed by atoms with Gasteiger partial charge in [-0.05, 0) is 37.6 Å². The maximum atomic E-state index is 12.8. The lowest BCUT2D eigenvalue weighted by Crippen LogP contribution is -2.36. The molecule has 1 aliphatic rings. The van der Waals surface area contributed by atoms with Gasteiger partial charge in [0.25, 0.3) is 5.95 Å². The zero-order valence-electron chi connectivity index (χ0n) is 18.1. The molecular formula is C25H21ClN6O. The van der Waals surface area contributed by atoms with Crippen molar-refractivity contribution in [1.29, 1.82) is 0 Å². The second kappa shape index (κ2) is 8.18. The Morgan fingerprint density at radius 2 is 1.64 bits per heavy atom. The highest BCUT2D eigenvalue weighted by Gasteiger charge is 2.34. The first-order chi connectivity index (χ1) is 15.9. The van der Waals surface area contributed by atoms with Gasteiger partial charge in [0, 0.05) is 16.1 Å². The van der Waals surface area contributed by atoms with Crippen molar-refractivity contribution in [3.63, 3.8) is 0 Å². The molecule has 33 heavy (non-hydrogen) atoms. The average molecular weight is 457 g/mol.